The summed E-state index contributed by atoms with van der Waals surface area (Å²) in [5.41, 5.74) is 1.63. The van der Waals surface area contributed by atoms with E-state index in [9.17, 15) is 4.79 Å². The number of amides is 1. The van der Waals surface area contributed by atoms with Crippen LogP contribution in [0.4, 0.5) is 5.82 Å². The molecule has 0 bridgehead atoms. The number of benzene rings is 1. The lowest BCUT2D eigenvalue weighted by Gasteiger charge is -2.04. The number of aryl methyl sites for hydroxylation is 2. The summed E-state index contributed by atoms with van der Waals surface area (Å²) in [6.07, 6.45) is 1.79. The molecule has 0 saturated carbocycles. The Morgan fingerprint density at radius 1 is 1.31 bits per heavy atom. The number of nitrogens with one attached hydrogen (secondary N) is 1. The normalized spacial score (nSPS) is 10.1. The molecule has 0 atom stereocenters. The minimum atomic E-state index is -0.128. The van der Waals surface area contributed by atoms with Crippen molar-refractivity contribution in [3.63, 3.8) is 0 Å². The van der Waals surface area contributed by atoms with E-state index in [0.717, 1.165) is 5.56 Å². The molecule has 2 rings (SSSR count). The quantitative estimate of drug-likeness (QED) is 0.832. The third-order valence-corrected chi connectivity index (χ3v) is 2.34. The van der Waals surface area contributed by atoms with Gasteiger partial charge >= 0.3 is 0 Å². The monoisotopic (exact) mass is 215 g/mol. The zero-order valence-corrected chi connectivity index (χ0v) is 9.27. The molecule has 0 unspecified atom stereocenters. The molecule has 16 heavy (non-hydrogen) atoms. The second-order valence-corrected chi connectivity index (χ2v) is 3.64. The van der Waals surface area contributed by atoms with E-state index in [1.807, 2.05) is 32.2 Å². The Kier molecular flexibility index (Phi) is 2.72. The van der Waals surface area contributed by atoms with Gasteiger partial charge in [-0.1, -0.05) is 18.2 Å². The van der Waals surface area contributed by atoms with Crippen LogP contribution in [0.15, 0.2) is 36.5 Å². The Hall–Kier alpha value is -2.10. The maximum Gasteiger partial charge on any atom is 0.257 e. The van der Waals surface area contributed by atoms with E-state index in [1.165, 1.54) is 0 Å². The molecule has 1 N–H and O–H groups in total. The molecule has 1 heterocycles. The highest BCUT2D eigenvalue weighted by Gasteiger charge is 2.09. The first-order chi connectivity index (χ1) is 7.66. The Labute approximate surface area is 93.9 Å². The van der Waals surface area contributed by atoms with Gasteiger partial charge in [0.1, 0.15) is 0 Å². The number of aromatic nitrogens is 2. The van der Waals surface area contributed by atoms with Crippen molar-refractivity contribution in [3.05, 3.63) is 47.7 Å². The van der Waals surface area contributed by atoms with Gasteiger partial charge in [-0.15, -0.1) is 0 Å². The van der Waals surface area contributed by atoms with Crippen LogP contribution >= 0.6 is 0 Å². The molecule has 0 radical (unpaired) electrons. The predicted molar refractivity (Wildman–Crippen MR) is 62.3 cm³/mol. The molecule has 0 fully saturated rings. The third-order valence-electron chi connectivity index (χ3n) is 2.34. The fraction of sp³-hybridized carbons (Fsp3) is 0.167. The SMILES string of the molecule is Cc1ccccc1C(=O)Nc1ccn(C)n1. The van der Waals surface area contributed by atoms with Gasteiger partial charge in [0.25, 0.3) is 5.91 Å². The summed E-state index contributed by atoms with van der Waals surface area (Å²) < 4.78 is 1.65. The van der Waals surface area contributed by atoms with Gasteiger partial charge in [-0.05, 0) is 18.6 Å². The maximum atomic E-state index is 11.9. The molecule has 0 aliphatic heterocycles. The second-order valence-electron chi connectivity index (χ2n) is 3.64. The summed E-state index contributed by atoms with van der Waals surface area (Å²) in [6, 6.07) is 9.23. The highest BCUT2D eigenvalue weighted by atomic mass is 16.1. The third kappa shape index (κ3) is 2.11. The molecule has 82 valence electrons. The fourth-order valence-electron chi connectivity index (χ4n) is 1.49. The summed E-state index contributed by atoms with van der Waals surface area (Å²) in [5.74, 6) is 0.438. The van der Waals surface area contributed by atoms with Crippen molar-refractivity contribution >= 4 is 11.7 Å². The van der Waals surface area contributed by atoms with E-state index < -0.39 is 0 Å². The molecular formula is C12H13N3O. The Balaban J connectivity index is 2.18. The van der Waals surface area contributed by atoms with Crippen LogP contribution in [-0.2, 0) is 7.05 Å². The van der Waals surface area contributed by atoms with Crippen LogP contribution < -0.4 is 5.32 Å². The maximum absolute atomic E-state index is 11.9. The summed E-state index contributed by atoms with van der Waals surface area (Å²) in [7, 11) is 1.81. The van der Waals surface area contributed by atoms with E-state index in [1.54, 1.807) is 23.0 Å². The predicted octanol–water partition coefficient (Wildman–Crippen LogP) is 1.98. The molecule has 4 heteroatoms. The molecule has 0 aliphatic rings. The molecule has 4 nitrogen and oxygen atoms in total. The zero-order valence-electron chi connectivity index (χ0n) is 9.27. The van der Waals surface area contributed by atoms with E-state index in [2.05, 4.69) is 10.4 Å². The molecular weight excluding hydrogens is 202 g/mol. The lowest BCUT2D eigenvalue weighted by atomic mass is 10.1. The summed E-state index contributed by atoms with van der Waals surface area (Å²) in [5, 5.41) is 6.84. The van der Waals surface area contributed by atoms with Gasteiger partial charge in [-0.2, -0.15) is 5.10 Å². The number of anilines is 1. The van der Waals surface area contributed by atoms with Crippen LogP contribution in [0.1, 0.15) is 15.9 Å². The van der Waals surface area contributed by atoms with Crippen molar-refractivity contribution in [1.29, 1.82) is 0 Å². The summed E-state index contributed by atoms with van der Waals surface area (Å²) in [4.78, 5) is 11.9. The minimum Gasteiger partial charge on any atom is -0.305 e. The number of carbonyl (C=O) groups excluding carboxylic acids is 1. The van der Waals surface area contributed by atoms with Crippen molar-refractivity contribution < 1.29 is 4.79 Å². The molecule has 1 aromatic heterocycles. The number of hydrogen-bond acceptors (Lipinski definition) is 2. The zero-order chi connectivity index (χ0) is 11.5. The highest BCUT2D eigenvalue weighted by Crippen LogP contribution is 2.10. The van der Waals surface area contributed by atoms with Gasteiger partial charge in [-0.25, -0.2) is 0 Å². The number of nitrogens with zero attached hydrogens (tertiary/aromatic N) is 2. The van der Waals surface area contributed by atoms with Gasteiger partial charge in [0.05, 0.1) is 0 Å². The standard InChI is InChI=1S/C12H13N3O/c1-9-5-3-4-6-10(9)12(16)13-11-7-8-15(2)14-11/h3-8H,1-2H3,(H,13,14,16). The van der Waals surface area contributed by atoms with Crippen molar-refractivity contribution in [3.8, 4) is 0 Å². The molecule has 0 spiro atoms. The van der Waals surface area contributed by atoms with Gasteiger partial charge in [0.15, 0.2) is 5.82 Å². The van der Waals surface area contributed by atoms with Crippen molar-refractivity contribution in [2.24, 2.45) is 7.05 Å². The largest absolute Gasteiger partial charge is 0.305 e. The first-order valence-corrected chi connectivity index (χ1v) is 5.03. The topological polar surface area (TPSA) is 46.9 Å². The molecule has 0 aliphatic carbocycles. The van der Waals surface area contributed by atoms with Crippen molar-refractivity contribution in [1.82, 2.24) is 9.78 Å². The number of rotatable bonds is 2. The van der Waals surface area contributed by atoms with E-state index in [4.69, 9.17) is 0 Å². The van der Waals surface area contributed by atoms with E-state index in [0.29, 0.717) is 11.4 Å². The highest BCUT2D eigenvalue weighted by molar-refractivity contribution is 6.04. The van der Waals surface area contributed by atoms with Gasteiger partial charge < -0.3 is 5.32 Å². The number of carbonyl (C=O) groups is 1. The molecule has 1 aromatic carbocycles. The first kappa shape index (κ1) is 10.4. The van der Waals surface area contributed by atoms with Crippen LogP contribution in [0.3, 0.4) is 0 Å². The first-order valence-electron chi connectivity index (χ1n) is 5.03. The van der Waals surface area contributed by atoms with Gasteiger partial charge in [-0.3, -0.25) is 9.48 Å². The molecule has 0 saturated heterocycles. The van der Waals surface area contributed by atoms with Crippen LogP contribution in [0.5, 0.6) is 0 Å². The summed E-state index contributed by atoms with van der Waals surface area (Å²) >= 11 is 0. The van der Waals surface area contributed by atoms with Crippen LogP contribution in [-0.4, -0.2) is 15.7 Å². The van der Waals surface area contributed by atoms with E-state index in [-0.39, 0.29) is 5.91 Å². The summed E-state index contributed by atoms with van der Waals surface area (Å²) in [6.45, 7) is 1.91. The Morgan fingerprint density at radius 3 is 2.69 bits per heavy atom. The van der Waals surface area contributed by atoms with Gasteiger partial charge in [0, 0.05) is 24.9 Å². The average Bonchev–Trinajstić information content (AvgIpc) is 2.64. The van der Waals surface area contributed by atoms with Crippen LogP contribution in [0, 0.1) is 6.92 Å². The lowest BCUT2D eigenvalue weighted by Crippen LogP contribution is -2.13. The fourth-order valence-corrected chi connectivity index (χ4v) is 1.49. The Bertz CT molecular complexity index is 516. The van der Waals surface area contributed by atoms with Crippen molar-refractivity contribution in [2.75, 3.05) is 5.32 Å². The Morgan fingerprint density at radius 2 is 2.06 bits per heavy atom. The molecule has 1 amide bonds. The van der Waals surface area contributed by atoms with Crippen molar-refractivity contribution in [2.45, 2.75) is 6.92 Å². The van der Waals surface area contributed by atoms with Gasteiger partial charge in [0.2, 0.25) is 0 Å². The number of hydrogen-bond donors (Lipinski definition) is 1. The second kappa shape index (κ2) is 4.18. The smallest absolute Gasteiger partial charge is 0.257 e. The molecule has 2 aromatic rings. The van der Waals surface area contributed by atoms with E-state index >= 15 is 0 Å². The van der Waals surface area contributed by atoms with Crippen LogP contribution in [0.25, 0.3) is 0 Å². The lowest BCUT2D eigenvalue weighted by molar-refractivity contribution is 0.102. The minimum absolute atomic E-state index is 0.128. The average molecular weight is 215 g/mol. The van der Waals surface area contributed by atoms with Crippen LogP contribution in [0.2, 0.25) is 0 Å².